The number of hydrogen-bond donors (Lipinski definition) is 2. The summed E-state index contributed by atoms with van der Waals surface area (Å²) in [7, 11) is 0. The quantitative estimate of drug-likeness (QED) is 0.832. The summed E-state index contributed by atoms with van der Waals surface area (Å²) in [5.41, 5.74) is 14.2. The van der Waals surface area contributed by atoms with Crippen LogP contribution in [0.4, 0.5) is 10.2 Å². The monoisotopic (exact) mass is 231 g/mol. The second-order valence-electron chi connectivity index (χ2n) is 4.02. The van der Waals surface area contributed by atoms with E-state index in [1.807, 2.05) is 13.0 Å². The van der Waals surface area contributed by atoms with Crippen LogP contribution in [0, 0.1) is 12.7 Å². The molecule has 4 N–H and O–H groups in total. The molecule has 1 aromatic carbocycles. The lowest BCUT2D eigenvalue weighted by Crippen LogP contribution is -2.15. The van der Waals surface area contributed by atoms with Crippen molar-refractivity contribution in [2.24, 2.45) is 5.73 Å². The van der Waals surface area contributed by atoms with Crippen LogP contribution in [-0.4, -0.2) is 4.98 Å². The minimum absolute atomic E-state index is 0.308. The molecule has 4 heteroatoms. The summed E-state index contributed by atoms with van der Waals surface area (Å²) in [4.78, 5) is 4.05. The SMILES string of the molecule is Cc1cnc(N)c(C(N)c2cccc(F)c2)c1. The second kappa shape index (κ2) is 4.51. The number of aromatic nitrogens is 1. The molecule has 0 saturated heterocycles. The Morgan fingerprint density at radius 2 is 2.06 bits per heavy atom. The van der Waals surface area contributed by atoms with E-state index in [1.165, 1.54) is 12.1 Å². The number of nitrogen functional groups attached to an aromatic ring is 1. The topological polar surface area (TPSA) is 64.9 Å². The normalized spacial score (nSPS) is 12.4. The molecule has 0 aliphatic rings. The number of halogens is 1. The van der Waals surface area contributed by atoms with Crippen LogP contribution in [0.1, 0.15) is 22.7 Å². The molecule has 1 aromatic heterocycles. The fraction of sp³-hybridized carbons (Fsp3) is 0.154. The number of pyridine rings is 1. The van der Waals surface area contributed by atoms with Crippen molar-refractivity contribution in [2.45, 2.75) is 13.0 Å². The van der Waals surface area contributed by atoms with Crippen molar-refractivity contribution in [1.82, 2.24) is 4.98 Å². The van der Waals surface area contributed by atoms with Gasteiger partial charge in [0.05, 0.1) is 6.04 Å². The maximum absolute atomic E-state index is 13.1. The van der Waals surface area contributed by atoms with E-state index in [9.17, 15) is 4.39 Å². The summed E-state index contributed by atoms with van der Waals surface area (Å²) < 4.78 is 13.1. The lowest BCUT2D eigenvalue weighted by atomic mass is 9.99. The zero-order valence-electron chi connectivity index (χ0n) is 9.52. The van der Waals surface area contributed by atoms with E-state index in [0.29, 0.717) is 11.4 Å². The molecule has 0 bridgehead atoms. The number of benzene rings is 1. The van der Waals surface area contributed by atoms with Crippen molar-refractivity contribution in [3.8, 4) is 0 Å². The van der Waals surface area contributed by atoms with Gasteiger partial charge in [0, 0.05) is 11.8 Å². The van der Waals surface area contributed by atoms with Crippen molar-refractivity contribution >= 4 is 5.82 Å². The third kappa shape index (κ3) is 2.42. The summed E-state index contributed by atoms with van der Waals surface area (Å²) in [5, 5.41) is 0. The van der Waals surface area contributed by atoms with E-state index < -0.39 is 6.04 Å². The highest BCUT2D eigenvalue weighted by Gasteiger charge is 2.13. The predicted molar refractivity (Wildman–Crippen MR) is 65.8 cm³/mol. The van der Waals surface area contributed by atoms with Crippen LogP contribution in [0.3, 0.4) is 0 Å². The number of nitrogens with zero attached hydrogens (tertiary/aromatic N) is 1. The Labute approximate surface area is 99.3 Å². The highest BCUT2D eigenvalue weighted by molar-refractivity contribution is 5.46. The van der Waals surface area contributed by atoms with Crippen LogP contribution in [0.25, 0.3) is 0 Å². The molecule has 2 aromatic rings. The summed E-state index contributed by atoms with van der Waals surface area (Å²) in [6.45, 7) is 1.91. The Balaban J connectivity index is 2.43. The average Bonchev–Trinajstić information content (AvgIpc) is 2.31. The number of nitrogens with two attached hydrogens (primary N) is 2. The summed E-state index contributed by atoms with van der Waals surface area (Å²) in [5.74, 6) is 0.0736. The van der Waals surface area contributed by atoms with Gasteiger partial charge in [0.2, 0.25) is 0 Å². The fourth-order valence-corrected chi connectivity index (χ4v) is 1.73. The van der Waals surface area contributed by atoms with Crippen molar-refractivity contribution < 1.29 is 4.39 Å². The van der Waals surface area contributed by atoms with E-state index in [0.717, 1.165) is 11.1 Å². The van der Waals surface area contributed by atoms with Crippen molar-refractivity contribution in [3.05, 3.63) is 59.0 Å². The molecule has 88 valence electrons. The number of anilines is 1. The smallest absolute Gasteiger partial charge is 0.128 e. The predicted octanol–water partition coefficient (Wildman–Crippen LogP) is 2.16. The van der Waals surface area contributed by atoms with Gasteiger partial charge in [-0.3, -0.25) is 0 Å². The standard InChI is InChI=1S/C13H14FN3/c1-8-5-11(13(16)17-7-8)12(15)9-3-2-4-10(14)6-9/h2-7,12H,15H2,1H3,(H2,16,17). The van der Waals surface area contributed by atoms with E-state index in [-0.39, 0.29) is 5.82 Å². The van der Waals surface area contributed by atoms with Gasteiger partial charge in [-0.05, 0) is 36.2 Å². The lowest BCUT2D eigenvalue weighted by Gasteiger charge is -2.14. The molecule has 0 spiro atoms. The van der Waals surface area contributed by atoms with Gasteiger partial charge >= 0.3 is 0 Å². The lowest BCUT2D eigenvalue weighted by molar-refractivity contribution is 0.623. The molecule has 17 heavy (non-hydrogen) atoms. The first-order valence-corrected chi connectivity index (χ1v) is 5.31. The summed E-state index contributed by atoms with van der Waals surface area (Å²) in [6.07, 6.45) is 1.68. The Hall–Kier alpha value is -1.94. The molecule has 0 amide bonds. The zero-order valence-corrected chi connectivity index (χ0v) is 9.52. The minimum atomic E-state index is -0.460. The molecule has 3 nitrogen and oxygen atoms in total. The van der Waals surface area contributed by atoms with E-state index >= 15 is 0 Å². The van der Waals surface area contributed by atoms with Gasteiger partial charge < -0.3 is 11.5 Å². The molecule has 0 radical (unpaired) electrons. The van der Waals surface area contributed by atoms with Gasteiger partial charge in [-0.1, -0.05) is 12.1 Å². The minimum Gasteiger partial charge on any atom is -0.383 e. The van der Waals surface area contributed by atoms with Gasteiger partial charge in [0.25, 0.3) is 0 Å². The maximum Gasteiger partial charge on any atom is 0.128 e. The van der Waals surface area contributed by atoms with Crippen LogP contribution in [0.15, 0.2) is 36.5 Å². The van der Waals surface area contributed by atoms with Gasteiger partial charge in [-0.2, -0.15) is 0 Å². The first-order valence-electron chi connectivity index (χ1n) is 5.31. The first kappa shape index (κ1) is 11.5. The van der Waals surface area contributed by atoms with Gasteiger partial charge in [-0.15, -0.1) is 0 Å². The fourth-order valence-electron chi connectivity index (χ4n) is 1.73. The Bertz CT molecular complexity index is 540. The number of hydrogen-bond acceptors (Lipinski definition) is 3. The van der Waals surface area contributed by atoms with Crippen LogP contribution in [-0.2, 0) is 0 Å². The molecule has 0 fully saturated rings. The summed E-state index contributed by atoms with van der Waals surface area (Å²) >= 11 is 0. The van der Waals surface area contributed by atoms with Crippen LogP contribution in [0.2, 0.25) is 0 Å². The Morgan fingerprint density at radius 3 is 2.76 bits per heavy atom. The average molecular weight is 231 g/mol. The molecule has 2 rings (SSSR count). The highest BCUT2D eigenvalue weighted by atomic mass is 19.1. The second-order valence-corrected chi connectivity index (χ2v) is 4.02. The van der Waals surface area contributed by atoms with Gasteiger partial charge in [0.15, 0.2) is 0 Å². The molecular formula is C13H14FN3. The highest BCUT2D eigenvalue weighted by Crippen LogP contribution is 2.24. The third-order valence-electron chi connectivity index (χ3n) is 2.63. The Kier molecular flexibility index (Phi) is 3.06. The maximum atomic E-state index is 13.1. The van der Waals surface area contributed by atoms with Crippen molar-refractivity contribution in [3.63, 3.8) is 0 Å². The first-order chi connectivity index (χ1) is 8.08. The van der Waals surface area contributed by atoms with Crippen LogP contribution < -0.4 is 11.5 Å². The zero-order chi connectivity index (χ0) is 12.4. The molecule has 0 aliphatic carbocycles. The van der Waals surface area contributed by atoms with E-state index in [4.69, 9.17) is 11.5 Å². The largest absolute Gasteiger partial charge is 0.383 e. The molecule has 1 heterocycles. The van der Waals surface area contributed by atoms with Gasteiger partial charge in [0.1, 0.15) is 11.6 Å². The summed E-state index contributed by atoms with van der Waals surface area (Å²) in [6, 6.07) is 7.61. The van der Waals surface area contributed by atoms with E-state index in [2.05, 4.69) is 4.98 Å². The molecule has 0 aliphatic heterocycles. The molecule has 0 saturated carbocycles. The van der Waals surface area contributed by atoms with Crippen molar-refractivity contribution in [1.29, 1.82) is 0 Å². The van der Waals surface area contributed by atoms with Gasteiger partial charge in [-0.25, -0.2) is 9.37 Å². The van der Waals surface area contributed by atoms with E-state index in [1.54, 1.807) is 18.3 Å². The number of aryl methyl sites for hydroxylation is 1. The molecule has 1 unspecified atom stereocenters. The molecular weight excluding hydrogens is 217 g/mol. The number of rotatable bonds is 2. The third-order valence-corrected chi connectivity index (χ3v) is 2.63. The van der Waals surface area contributed by atoms with Crippen LogP contribution in [0.5, 0.6) is 0 Å². The molecule has 1 atom stereocenters. The Morgan fingerprint density at radius 1 is 1.29 bits per heavy atom. The van der Waals surface area contributed by atoms with Crippen LogP contribution >= 0.6 is 0 Å². The van der Waals surface area contributed by atoms with Crippen molar-refractivity contribution in [2.75, 3.05) is 5.73 Å².